The predicted octanol–water partition coefficient (Wildman–Crippen LogP) is 4.72. The molecule has 2 amide bonds. The second-order valence-corrected chi connectivity index (χ2v) is 8.78. The molecule has 0 spiro atoms. The highest BCUT2D eigenvalue weighted by molar-refractivity contribution is 5.81. The molecule has 0 heterocycles. The standard InChI is InChI=1S/C26H34N2O6/c1-26(2,3)34-24(30)27-17-11-10-16-22(23(29)32-18-20-12-6-4-7-13-20)28-25(31)33-19-21-14-8-5-9-15-21/h4-9,12-15,22H,10-11,16-19H2,1-3H3,(H,27,30)(H,28,31). The van der Waals surface area contributed by atoms with Crippen molar-refractivity contribution in [3.8, 4) is 0 Å². The van der Waals surface area contributed by atoms with Crippen LogP contribution in [0.4, 0.5) is 9.59 Å². The van der Waals surface area contributed by atoms with E-state index in [0.29, 0.717) is 25.8 Å². The molecule has 8 heteroatoms. The van der Waals surface area contributed by atoms with E-state index in [4.69, 9.17) is 14.2 Å². The van der Waals surface area contributed by atoms with Gasteiger partial charge in [0.15, 0.2) is 0 Å². The minimum Gasteiger partial charge on any atom is -0.459 e. The van der Waals surface area contributed by atoms with E-state index in [1.54, 1.807) is 20.8 Å². The molecule has 2 rings (SSSR count). The quantitative estimate of drug-likeness (QED) is 0.280. The zero-order valence-electron chi connectivity index (χ0n) is 20.0. The van der Waals surface area contributed by atoms with Crippen molar-refractivity contribution in [1.29, 1.82) is 0 Å². The van der Waals surface area contributed by atoms with Gasteiger partial charge in [-0.2, -0.15) is 0 Å². The Morgan fingerprint density at radius 2 is 1.35 bits per heavy atom. The molecule has 2 aromatic carbocycles. The van der Waals surface area contributed by atoms with Gasteiger partial charge in [-0.05, 0) is 51.2 Å². The second-order valence-electron chi connectivity index (χ2n) is 8.78. The molecule has 1 unspecified atom stereocenters. The van der Waals surface area contributed by atoms with Gasteiger partial charge in [0, 0.05) is 6.54 Å². The summed E-state index contributed by atoms with van der Waals surface area (Å²) in [6.07, 6.45) is 0.318. The lowest BCUT2D eigenvalue weighted by molar-refractivity contribution is -0.147. The lowest BCUT2D eigenvalue weighted by Crippen LogP contribution is -2.42. The molecule has 0 saturated carbocycles. The van der Waals surface area contributed by atoms with Crippen molar-refractivity contribution in [3.05, 3.63) is 71.8 Å². The Morgan fingerprint density at radius 1 is 0.794 bits per heavy atom. The van der Waals surface area contributed by atoms with Crippen molar-refractivity contribution in [3.63, 3.8) is 0 Å². The third-order valence-electron chi connectivity index (χ3n) is 4.60. The van der Waals surface area contributed by atoms with Crippen molar-refractivity contribution in [2.45, 2.75) is 64.9 Å². The van der Waals surface area contributed by atoms with E-state index < -0.39 is 29.8 Å². The highest BCUT2D eigenvalue weighted by Crippen LogP contribution is 2.09. The average Bonchev–Trinajstić information content (AvgIpc) is 2.80. The van der Waals surface area contributed by atoms with Crippen LogP contribution in [0, 0.1) is 0 Å². The first-order valence-corrected chi connectivity index (χ1v) is 11.4. The van der Waals surface area contributed by atoms with Gasteiger partial charge in [-0.25, -0.2) is 14.4 Å². The maximum Gasteiger partial charge on any atom is 0.408 e. The Kier molecular flexibility index (Phi) is 10.9. The number of rotatable bonds is 11. The van der Waals surface area contributed by atoms with E-state index in [1.807, 2.05) is 60.7 Å². The van der Waals surface area contributed by atoms with Gasteiger partial charge in [0.05, 0.1) is 0 Å². The molecular weight excluding hydrogens is 436 g/mol. The summed E-state index contributed by atoms with van der Waals surface area (Å²) in [7, 11) is 0. The number of carbonyl (C=O) groups is 3. The fraction of sp³-hybridized carbons (Fsp3) is 0.423. The molecule has 8 nitrogen and oxygen atoms in total. The number of carbonyl (C=O) groups excluding carboxylic acids is 3. The number of ether oxygens (including phenoxy) is 3. The Hall–Kier alpha value is -3.55. The zero-order chi connectivity index (χ0) is 24.8. The third-order valence-corrected chi connectivity index (χ3v) is 4.60. The van der Waals surface area contributed by atoms with Gasteiger partial charge in [0.1, 0.15) is 24.9 Å². The van der Waals surface area contributed by atoms with E-state index in [0.717, 1.165) is 11.1 Å². The van der Waals surface area contributed by atoms with E-state index in [1.165, 1.54) is 0 Å². The number of unbranched alkanes of at least 4 members (excludes halogenated alkanes) is 1. The summed E-state index contributed by atoms with van der Waals surface area (Å²) in [5.74, 6) is -0.541. The number of benzene rings is 2. The average molecular weight is 471 g/mol. The summed E-state index contributed by atoms with van der Waals surface area (Å²) in [6, 6.07) is 17.7. The van der Waals surface area contributed by atoms with Crippen LogP contribution in [-0.2, 0) is 32.2 Å². The van der Waals surface area contributed by atoms with Crippen LogP contribution in [0.3, 0.4) is 0 Å². The summed E-state index contributed by atoms with van der Waals surface area (Å²) in [5.41, 5.74) is 1.12. The maximum atomic E-state index is 12.7. The summed E-state index contributed by atoms with van der Waals surface area (Å²) in [5, 5.41) is 5.29. The fourth-order valence-corrected chi connectivity index (χ4v) is 2.96. The van der Waals surface area contributed by atoms with Crippen LogP contribution in [0.1, 0.15) is 51.2 Å². The van der Waals surface area contributed by atoms with Gasteiger partial charge in [-0.15, -0.1) is 0 Å². The van der Waals surface area contributed by atoms with Crippen molar-refractivity contribution in [1.82, 2.24) is 10.6 Å². The second kappa shape index (κ2) is 13.9. The molecular formula is C26H34N2O6. The lowest BCUT2D eigenvalue weighted by Gasteiger charge is -2.20. The van der Waals surface area contributed by atoms with Crippen molar-refractivity contribution < 1.29 is 28.6 Å². The van der Waals surface area contributed by atoms with Crippen molar-refractivity contribution >= 4 is 18.2 Å². The summed E-state index contributed by atoms with van der Waals surface area (Å²) >= 11 is 0. The summed E-state index contributed by atoms with van der Waals surface area (Å²) < 4.78 is 15.8. The van der Waals surface area contributed by atoms with Gasteiger partial charge in [0.2, 0.25) is 0 Å². The van der Waals surface area contributed by atoms with Gasteiger partial charge in [-0.3, -0.25) is 0 Å². The molecule has 0 bridgehead atoms. The maximum absolute atomic E-state index is 12.7. The molecule has 1 atom stereocenters. The topological polar surface area (TPSA) is 103 Å². The molecule has 2 N–H and O–H groups in total. The van der Waals surface area contributed by atoms with Crippen LogP contribution in [0.5, 0.6) is 0 Å². The van der Waals surface area contributed by atoms with Gasteiger partial charge >= 0.3 is 18.2 Å². The number of esters is 1. The highest BCUT2D eigenvalue weighted by atomic mass is 16.6. The molecule has 0 aliphatic rings. The first-order valence-electron chi connectivity index (χ1n) is 11.4. The molecule has 0 saturated heterocycles. The molecule has 0 aromatic heterocycles. The molecule has 0 aliphatic heterocycles. The third kappa shape index (κ3) is 11.4. The number of hydrogen-bond acceptors (Lipinski definition) is 6. The Bertz CT molecular complexity index is 897. The molecule has 34 heavy (non-hydrogen) atoms. The summed E-state index contributed by atoms with van der Waals surface area (Å²) in [4.78, 5) is 36.7. The molecule has 0 aliphatic carbocycles. The van der Waals surface area contributed by atoms with Gasteiger partial charge in [0.25, 0.3) is 0 Å². The largest absolute Gasteiger partial charge is 0.459 e. The van der Waals surface area contributed by atoms with Crippen LogP contribution in [0.15, 0.2) is 60.7 Å². The number of alkyl carbamates (subject to hydrolysis) is 2. The van der Waals surface area contributed by atoms with Crippen LogP contribution in [0.25, 0.3) is 0 Å². The molecule has 0 radical (unpaired) electrons. The van der Waals surface area contributed by atoms with Crippen molar-refractivity contribution in [2.24, 2.45) is 0 Å². The van der Waals surface area contributed by atoms with Crippen LogP contribution in [0.2, 0.25) is 0 Å². The normalized spacial score (nSPS) is 11.7. The minimum atomic E-state index is -0.867. The number of amides is 2. The van der Waals surface area contributed by atoms with E-state index in [9.17, 15) is 14.4 Å². The van der Waals surface area contributed by atoms with Crippen LogP contribution < -0.4 is 10.6 Å². The first kappa shape index (κ1) is 26.7. The number of hydrogen-bond donors (Lipinski definition) is 2. The van der Waals surface area contributed by atoms with Gasteiger partial charge < -0.3 is 24.8 Å². The predicted molar refractivity (Wildman–Crippen MR) is 128 cm³/mol. The molecule has 184 valence electrons. The highest BCUT2D eigenvalue weighted by Gasteiger charge is 2.23. The van der Waals surface area contributed by atoms with E-state index in [-0.39, 0.29) is 13.2 Å². The van der Waals surface area contributed by atoms with Crippen molar-refractivity contribution in [2.75, 3.05) is 6.54 Å². The Balaban J connectivity index is 1.83. The first-order chi connectivity index (χ1) is 16.2. The number of nitrogens with one attached hydrogen (secondary N) is 2. The lowest BCUT2D eigenvalue weighted by atomic mass is 10.1. The van der Waals surface area contributed by atoms with Gasteiger partial charge in [-0.1, -0.05) is 60.7 Å². The zero-order valence-corrected chi connectivity index (χ0v) is 20.0. The smallest absolute Gasteiger partial charge is 0.408 e. The summed E-state index contributed by atoms with van der Waals surface area (Å²) in [6.45, 7) is 5.97. The minimum absolute atomic E-state index is 0.0955. The fourth-order valence-electron chi connectivity index (χ4n) is 2.96. The Labute approximate surface area is 201 Å². The molecule has 0 fully saturated rings. The van der Waals surface area contributed by atoms with Crippen LogP contribution >= 0.6 is 0 Å². The Morgan fingerprint density at radius 3 is 1.91 bits per heavy atom. The van der Waals surface area contributed by atoms with Crippen LogP contribution in [-0.4, -0.2) is 36.3 Å². The SMILES string of the molecule is CC(C)(C)OC(=O)NCCCCC(NC(=O)OCc1ccccc1)C(=O)OCc1ccccc1. The van der Waals surface area contributed by atoms with E-state index in [2.05, 4.69) is 10.6 Å². The monoisotopic (exact) mass is 470 g/mol. The van der Waals surface area contributed by atoms with E-state index >= 15 is 0 Å². The molecule has 2 aromatic rings.